The van der Waals surface area contributed by atoms with E-state index in [-0.39, 0.29) is 5.97 Å². The number of esters is 1. The summed E-state index contributed by atoms with van der Waals surface area (Å²) in [4.78, 5) is 16.6. The number of rotatable bonds is 7. The van der Waals surface area contributed by atoms with Gasteiger partial charge in [0.15, 0.2) is 0 Å². The smallest absolute Gasteiger partial charge is 0.327 e. The monoisotopic (exact) mass is 271 g/mol. The molecule has 1 heterocycles. The molecule has 0 saturated carbocycles. The van der Waals surface area contributed by atoms with Gasteiger partial charge in [-0.25, -0.2) is 0 Å². The van der Waals surface area contributed by atoms with Gasteiger partial charge in [-0.2, -0.15) is 0 Å². The molecule has 0 radical (unpaired) electrons. The van der Waals surface area contributed by atoms with E-state index < -0.39 is 5.54 Å². The van der Waals surface area contributed by atoms with Crippen LogP contribution < -0.4 is 5.32 Å². The van der Waals surface area contributed by atoms with Crippen molar-refractivity contribution < 1.29 is 9.53 Å². The molecule has 1 N–H and O–H groups in total. The van der Waals surface area contributed by atoms with Crippen LogP contribution >= 0.6 is 0 Å². The first-order chi connectivity index (χ1) is 8.96. The second kappa shape index (κ2) is 7.22. The number of methoxy groups -OCH3 is 1. The molecule has 0 bridgehead atoms. The first-order valence-corrected chi connectivity index (χ1v) is 7.16. The second-order valence-electron chi connectivity index (χ2n) is 5.70. The molecular weight excluding hydrogens is 242 g/mol. The molecule has 0 aromatic rings. The lowest BCUT2D eigenvalue weighted by Crippen LogP contribution is -2.56. The molecule has 19 heavy (non-hydrogen) atoms. The van der Waals surface area contributed by atoms with Crippen molar-refractivity contribution in [3.8, 4) is 0 Å². The SMILES string of the molecule is CCN1CCCC1CN(C)CC(C)(NC)C(=O)OC. The molecule has 0 amide bonds. The third-order valence-electron chi connectivity index (χ3n) is 4.20. The van der Waals surface area contributed by atoms with E-state index in [1.54, 1.807) is 7.05 Å². The van der Waals surface area contributed by atoms with E-state index in [1.807, 2.05) is 6.92 Å². The molecule has 112 valence electrons. The average molecular weight is 271 g/mol. The average Bonchev–Trinajstić information content (AvgIpc) is 2.84. The summed E-state index contributed by atoms with van der Waals surface area (Å²) in [5, 5.41) is 3.08. The summed E-state index contributed by atoms with van der Waals surface area (Å²) in [6, 6.07) is 0.619. The van der Waals surface area contributed by atoms with Crippen molar-refractivity contribution in [1.82, 2.24) is 15.1 Å². The Bertz CT molecular complexity index is 298. The maximum absolute atomic E-state index is 11.8. The minimum atomic E-state index is -0.640. The van der Waals surface area contributed by atoms with Crippen LogP contribution in [0.15, 0.2) is 0 Å². The molecule has 0 aromatic heterocycles. The standard InChI is InChI=1S/C14H29N3O2/c1-6-17-9-7-8-12(17)10-16(4)11-14(2,15-3)13(18)19-5/h12,15H,6-11H2,1-5H3. The molecule has 0 spiro atoms. The van der Waals surface area contributed by atoms with Crippen LogP contribution in [0.3, 0.4) is 0 Å². The number of nitrogens with zero attached hydrogens (tertiary/aromatic N) is 2. The minimum absolute atomic E-state index is 0.208. The minimum Gasteiger partial charge on any atom is -0.468 e. The summed E-state index contributed by atoms with van der Waals surface area (Å²) in [5.41, 5.74) is -0.640. The predicted molar refractivity (Wildman–Crippen MR) is 77.2 cm³/mol. The molecule has 1 fully saturated rings. The Kier molecular flexibility index (Phi) is 6.23. The van der Waals surface area contributed by atoms with Crippen LogP contribution in [0.5, 0.6) is 0 Å². The fourth-order valence-electron chi connectivity index (χ4n) is 2.95. The third kappa shape index (κ3) is 4.16. The summed E-state index contributed by atoms with van der Waals surface area (Å²) in [6.07, 6.45) is 2.54. The first-order valence-electron chi connectivity index (χ1n) is 7.16. The number of hydrogen-bond acceptors (Lipinski definition) is 5. The van der Waals surface area contributed by atoms with E-state index in [1.165, 1.54) is 26.5 Å². The Labute approximate surface area is 117 Å². The predicted octanol–water partition coefficient (Wildman–Crippen LogP) is 0.554. The van der Waals surface area contributed by atoms with E-state index in [0.29, 0.717) is 12.6 Å². The fraction of sp³-hybridized carbons (Fsp3) is 0.929. The van der Waals surface area contributed by atoms with Gasteiger partial charge in [0.05, 0.1) is 7.11 Å². The summed E-state index contributed by atoms with van der Waals surface area (Å²) in [7, 11) is 5.32. The maximum atomic E-state index is 11.8. The third-order valence-corrected chi connectivity index (χ3v) is 4.20. The summed E-state index contributed by atoms with van der Waals surface area (Å²) < 4.78 is 4.88. The summed E-state index contributed by atoms with van der Waals surface area (Å²) in [5.74, 6) is -0.208. The molecular formula is C14H29N3O2. The summed E-state index contributed by atoms with van der Waals surface area (Å²) >= 11 is 0. The second-order valence-corrected chi connectivity index (χ2v) is 5.70. The van der Waals surface area contributed by atoms with E-state index in [9.17, 15) is 4.79 Å². The maximum Gasteiger partial charge on any atom is 0.327 e. The molecule has 5 nitrogen and oxygen atoms in total. The molecule has 2 unspecified atom stereocenters. The van der Waals surface area contributed by atoms with Crippen molar-refractivity contribution in [2.24, 2.45) is 0 Å². The number of likely N-dealkylation sites (N-methyl/N-ethyl adjacent to an activating group) is 3. The van der Waals surface area contributed by atoms with Gasteiger partial charge in [-0.05, 0) is 47.0 Å². The molecule has 2 atom stereocenters. The van der Waals surface area contributed by atoms with Gasteiger partial charge in [-0.15, -0.1) is 0 Å². The van der Waals surface area contributed by atoms with E-state index in [4.69, 9.17) is 4.74 Å². The fourth-order valence-corrected chi connectivity index (χ4v) is 2.95. The zero-order valence-corrected chi connectivity index (χ0v) is 13.0. The van der Waals surface area contributed by atoms with Gasteiger partial charge in [-0.3, -0.25) is 9.69 Å². The number of nitrogens with one attached hydrogen (secondary N) is 1. The highest BCUT2D eigenvalue weighted by molar-refractivity contribution is 5.80. The van der Waals surface area contributed by atoms with E-state index in [2.05, 4.69) is 29.1 Å². The van der Waals surface area contributed by atoms with Crippen molar-refractivity contribution in [2.75, 3.05) is 47.4 Å². The lowest BCUT2D eigenvalue weighted by molar-refractivity contribution is -0.148. The normalized spacial score (nSPS) is 23.6. The van der Waals surface area contributed by atoms with Crippen molar-refractivity contribution in [3.63, 3.8) is 0 Å². The van der Waals surface area contributed by atoms with E-state index >= 15 is 0 Å². The number of carbonyl (C=O) groups is 1. The molecule has 0 aliphatic carbocycles. The van der Waals surface area contributed by atoms with Crippen molar-refractivity contribution >= 4 is 5.97 Å². The van der Waals surface area contributed by atoms with Crippen LogP contribution in [0.4, 0.5) is 0 Å². The number of carbonyl (C=O) groups excluding carboxylic acids is 1. The zero-order valence-electron chi connectivity index (χ0n) is 13.0. The zero-order chi connectivity index (χ0) is 14.5. The van der Waals surface area contributed by atoms with Gasteiger partial charge >= 0.3 is 5.97 Å². The van der Waals surface area contributed by atoms with Crippen LogP contribution in [0, 0.1) is 0 Å². The molecule has 5 heteroatoms. The van der Waals surface area contributed by atoms with Crippen molar-refractivity contribution in [3.05, 3.63) is 0 Å². The first kappa shape index (κ1) is 16.4. The van der Waals surface area contributed by atoms with Gasteiger partial charge in [0.25, 0.3) is 0 Å². The Hall–Kier alpha value is -0.650. The van der Waals surface area contributed by atoms with Gasteiger partial charge in [0, 0.05) is 19.1 Å². The molecule has 0 aromatic carbocycles. The molecule has 1 aliphatic rings. The van der Waals surface area contributed by atoms with Gasteiger partial charge in [0.1, 0.15) is 5.54 Å². The van der Waals surface area contributed by atoms with Gasteiger partial charge < -0.3 is 15.0 Å². The number of likely N-dealkylation sites (tertiary alicyclic amines) is 1. The largest absolute Gasteiger partial charge is 0.468 e. The molecule has 1 saturated heterocycles. The van der Waals surface area contributed by atoms with Crippen molar-refractivity contribution in [2.45, 2.75) is 38.3 Å². The lowest BCUT2D eigenvalue weighted by atomic mass is 10.0. The highest BCUT2D eigenvalue weighted by atomic mass is 16.5. The highest BCUT2D eigenvalue weighted by Crippen LogP contribution is 2.18. The molecule has 1 rings (SSSR count). The van der Waals surface area contributed by atoms with Crippen LogP contribution in [0.25, 0.3) is 0 Å². The Morgan fingerprint density at radius 2 is 2.26 bits per heavy atom. The topological polar surface area (TPSA) is 44.8 Å². The quantitative estimate of drug-likeness (QED) is 0.685. The van der Waals surface area contributed by atoms with Crippen LogP contribution in [-0.4, -0.2) is 74.7 Å². The Morgan fingerprint density at radius 1 is 1.58 bits per heavy atom. The van der Waals surface area contributed by atoms with Crippen molar-refractivity contribution in [1.29, 1.82) is 0 Å². The Morgan fingerprint density at radius 3 is 2.79 bits per heavy atom. The van der Waals surface area contributed by atoms with E-state index in [0.717, 1.165) is 13.1 Å². The van der Waals surface area contributed by atoms with Gasteiger partial charge in [-0.1, -0.05) is 6.92 Å². The van der Waals surface area contributed by atoms with Crippen LogP contribution in [0.1, 0.15) is 26.7 Å². The van der Waals surface area contributed by atoms with Gasteiger partial charge in [0.2, 0.25) is 0 Å². The summed E-state index contributed by atoms with van der Waals surface area (Å²) in [6.45, 7) is 8.08. The van der Waals surface area contributed by atoms with Crippen LogP contribution in [0.2, 0.25) is 0 Å². The van der Waals surface area contributed by atoms with Crippen LogP contribution in [-0.2, 0) is 9.53 Å². The molecule has 1 aliphatic heterocycles. The highest BCUT2D eigenvalue weighted by Gasteiger charge is 2.35. The lowest BCUT2D eigenvalue weighted by Gasteiger charge is -2.34. The Balaban J connectivity index is 2.53. The number of ether oxygens (including phenoxy) is 1. The number of hydrogen-bond donors (Lipinski definition) is 1.